The monoisotopic (exact) mass is 555 g/mol. The number of aromatic nitrogens is 2. The zero-order valence-electron chi connectivity index (χ0n) is 20.6. The van der Waals surface area contributed by atoms with Crippen LogP contribution in [-0.4, -0.2) is 29.4 Å². The third-order valence-electron chi connectivity index (χ3n) is 5.28. The number of ether oxygens (including phenoxy) is 1. The molecule has 0 spiro atoms. The predicted octanol–water partition coefficient (Wildman–Crippen LogP) is 6.64. The maximum Gasteiger partial charge on any atom is 0.573 e. The average molecular weight is 556 g/mol. The van der Waals surface area contributed by atoms with E-state index in [2.05, 4.69) is 30.7 Å². The van der Waals surface area contributed by atoms with Crippen molar-refractivity contribution in [2.45, 2.75) is 12.1 Å². The van der Waals surface area contributed by atoms with Gasteiger partial charge in [0.2, 0.25) is 5.95 Å². The smallest absolute Gasteiger partial charge is 0.406 e. The molecule has 0 fully saturated rings. The Balaban J connectivity index is 1.35. The van der Waals surface area contributed by atoms with Gasteiger partial charge in [-0.2, -0.15) is 4.98 Å². The van der Waals surface area contributed by atoms with E-state index in [-0.39, 0.29) is 5.75 Å². The van der Waals surface area contributed by atoms with Crippen LogP contribution in [0.3, 0.4) is 0 Å². The molecule has 4 aromatic rings. The van der Waals surface area contributed by atoms with Gasteiger partial charge in [0.1, 0.15) is 11.6 Å². The highest BCUT2D eigenvalue weighted by Gasteiger charge is 2.31. The minimum Gasteiger partial charge on any atom is -0.406 e. The third kappa shape index (κ3) is 8.25. The maximum absolute atomic E-state index is 12.3. The minimum atomic E-state index is -4.78. The van der Waals surface area contributed by atoms with Gasteiger partial charge in [0, 0.05) is 41.7 Å². The van der Waals surface area contributed by atoms with Gasteiger partial charge in [0.05, 0.1) is 0 Å². The molecule has 0 radical (unpaired) electrons. The number of amides is 2. The molecule has 0 atom stereocenters. The quantitative estimate of drug-likeness (QED) is 0.170. The minimum absolute atomic E-state index is 0.302. The van der Waals surface area contributed by atoms with Crippen LogP contribution in [-0.2, 0) is 5.75 Å². The summed E-state index contributed by atoms with van der Waals surface area (Å²) in [5.74, 6) is 1.40. The number of carbonyl (C=O) groups is 1. The van der Waals surface area contributed by atoms with Gasteiger partial charge in [0.25, 0.3) is 0 Å². The number of hydrogen-bond acceptors (Lipinski definition) is 8. The Hall–Kier alpha value is -4.49. The first-order valence-corrected chi connectivity index (χ1v) is 12.5. The van der Waals surface area contributed by atoms with Gasteiger partial charge in [-0.05, 0) is 72.3 Å². The first-order chi connectivity index (χ1) is 18.7. The molecular formula is C26H24F3N7O2S. The summed E-state index contributed by atoms with van der Waals surface area (Å²) in [4.78, 5) is 23.1. The lowest BCUT2D eigenvalue weighted by Crippen LogP contribution is -2.20. The summed E-state index contributed by atoms with van der Waals surface area (Å²) < 4.78 is 40.7. The summed E-state index contributed by atoms with van der Waals surface area (Å²) in [7, 11) is 1.85. The van der Waals surface area contributed by atoms with Crippen LogP contribution in [0, 0.1) is 0 Å². The van der Waals surface area contributed by atoms with Gasteiger partial charge in [-0.1, -0.05) is 24.1 Å². The number of nitrogens with zero attached hydrogens (tertiary/aromatic N) is 3. The molecule has 0 aliphatic rings. The normalized spacial score (nSPS) is 11.0. The van der Waals surface area contributed by atoms with E-state index in [0.717, 1.165) is 29.1 Å². The SMILES string of the molecule is CN(c1ccc(NC(=O)Nc2ccc(OC(F)(F)F)cc2)cc1)c1ccnc(Nc2cccc(CSN)c2)n1. The third-order valence-corrected chi connectivity index (χ3v) is 5.78. The summed E-state index contributed by atoms with van der Waals surface area (Å²) in [6.07, 6.45) is -3.13. The highest BCUT2D eigenvalue weighted by molar-refractivity contribution is 7.96. The highest BCUT2D eigenvalue weighted by atomic mass is 32.2. The van der Waals surface area contributed by atoms with E-state index in [9.17, 15) is 18.0 Å². The Morgan fingerprint density at radius 1 is 0.974 bits per heavy atom. The van der Waals surface area contributed by atoms with Crippen molar-refractivity contribution < 1.29 is 22.7 Å². The second kappa shape index (κ2) is 12.4. The van der Waals surface area contributed by atoms with Crippen LogP contribution in [0.4, 0.5) is 52.5 Å². The molecule has 0 saturated carbocycles. The largest absolute Gasteiger partial charge is 0.573 e. The van der Waals surface area contributed by atoms with Crippen LogP contribution in [0.2, 0.25) is 0 Å². The second-order valence-electron chi connectivity index (χ2n) is 8.13. The number of anilines is 6. The summed E-state index contributed by atoms with van der Waals surface area (Å²) >= 11 is 1.25. The highest BCUT2D eigenvalue weighted by Crippen LogP contribution is 2.26. The van der Waals surface area contributed by atoms with Gasteiger partial charge in [-0.3, -0.25) is 5.14 Å². The molecule has 13 heteroatoms. The molecule has 0 aliphatic heterocycles. The first-order valence-electron chi connectivity index (χ1n) is 11.5. The molecule has 202 valence electrons. The Morgan fingerprint density at radius 3 is 2.28 bits per heavy atom. The molecule has 0 unspecified atom stereocenters. The van der Waals surface area contributed by atoms with E-state index < -0.39 is 12.4 Å². The van der Waals surface area contributed by atoms with E-state index in [1.807, 2.05) is 48.3 Å². The van der Waals surface area contributed by atoms with Crippen molar-refractivity contribution in [3.05, 3.63) is 90.6 Å². The van der Waals surface area contributed by atoms with Gasteiger partial charge in [0.15, 0.2) is 0 Å². The van der Waals surface area contributed by atoms with Gasteiger partial charge >= 0.3 is 12.4 Å². The molecule has 0 bridgehead atoms. The first kappa shape index (κ1) is 27.5. The molecule has 9 nitrogen and oxygen atoms in total. The van der Waals surface area contributed by atoms with Crippen LogP contribution in [0.1, 0.15) is 5.56 Å². The Kier molecular flexibility index (Phi) is 8.74. The lowest BCUT2D eigenvalue weighted by molar-refractivity contribution is -0.274. The van der Waals surface area contributed by atoms with Crippen LogP contribution in [0.25, 0.3) is 0 Å². The van der Waals surface area contributed by atoms with Crippen molar-refractivity contribution in [3.8, 4) is 5.75 Å². The molecular weight excluding hydrogens is 531 g/mol. The van der Waals surface area contributed by atoms with Gasteiger partial charge in [-0.25, -0.2) is 9.78 Å². The Morgan fingerprint density at radius 2 is 1.64 bits per heavy atom. The number of nitrogens with one attached hydrogen (secondary N) is 3. The summed E-state index contributed by atoms with van der Waals surface area (Å²) in [5, 5.41) is 14.0. The Labute approximate surface area is 226 Å². The van der Waals surface area contributed by atoms with Crippen LogP contribution < -0.4 is 30.7 Å². The van der Waals surface area contributed by atoms with Gasteiger partial charge < -0.3 is 25.6 Å². The number of nitrogens with two attached hydrogens (primary N) is 1. The van der Waals surface area contributed by atoms with Crippen molar-refractivity contribution in [1.82, 2.24) is 9.97 Å². The number of carbonyl (C=O) groups excluding carboxylic acids is 1. The number of hydrogen-bond donors (Lipinski definition) is 4. The standard InChI is InChI=1S/C26H24F3N7O2S/c1-36(23-13-14-31-24(35-23)32-20-4-2-3-17(15-20)16-39-30)21-9-5-18(6-10-21)33-25(37)34-19-7-11-22(12-8-19)38-26(27,28)29/h2-15H,16,30H2,1H3,(H,31,32,35)(H2,33,34,37). The predicted molar refractivity (Wildman–Crippen MR) is 148 cm³/mol. The molecule has 1 heterocycles. The van der Waals surface area contributed by atoms with E-state index in [4.69, 9.17) is 5.14 Å². The summed E-state index contributed by atoms with van der Waals surface area (Å²) in [5.41, 5.74) is 3.56. The summed E-state index contributed by atoms with van der Waals surface area (Å²) in [6.45, 7) is 0. The lowest BCUT2D eigenvalue weighted by atomic mass is 10.2. The molecule has 0 saturated heterocycles. The molecule has 1 aromatic heterocycles. The van der Waals surface area contributed by atoms with E-state index in [1.165, 1.54) is 24.1 Å². The van der Waals surface area contributed by atoms with Crippen LogP contribution in [0.5, 0.6) is 5.75 Å². The maximum atomic E-state index is 12.3. The fourth-order valence-corrected chi connectivity index (χ4v) is 3.87. The van der Waals surface area contributed by atoms with E-state index in [1.54, 1.807) is 24.4 Å². The number of halogens is 3. The van der Waals surface area contributed by atoms with Crippen LogP contribution in [0.15, 0.2) is 85.1 Å². The molecule has 3 aromatic carbocycles. The fourth-order valence-electron chi connectivity index (χ4n) is 3.49. The fraction of sp³-hybridized carbons (Fsp3) is 0.115. The van der Waals surface area contributed by atoms with Crippen molar-refractivity contribution >= 4 is 52.5 Å². The average Bonchev–Trinajstić information content (AvgIpc) is 2.90. The van der Waals surface area contributed by atoms with Crippen LogP contribution >= 0.6 is 11.9 Å². The number of rotatable bonds is 9. The molecule has 4 rings (SSSR count). The summed E-state index contributed by atoms with van der Waals surface area (Å²) in [6, 6.07) is 20.9. The lowest BCUT2D eigenvalue weighted by Gasteiger charge is -2.19. The number of urea groups is 1. The van der Waals surface area contributed by atoms with Crippen molar-refractivity contribution in [1.29, 1.82) is 0 Å². The van der Waals surface area contributed by atoms with E-state index in [0.29, 0.717) is 28.9 Å². The molecule has 5 N–H and O–H groups in total. The zero-order chi connectivity index (χ0) is 27.8. The van der Waals surface area contributed by atoms with E-state index >= 15 is 0 Å². The molecule has 0 aliphatic carbocycles. The zero-order valence-corrected chi connectivity index (χ0v) is 21.4. The van der Waals surface area contributed by atoms with Crippen molar-refractivity contribution in [2.24, 2.45) is 5.14 Å². The van der Waals surface area contributed by atoms with Crippen molar-refractivity contribution in [2.75, 3.05) is 27.9 Å². The number of alkyl halides is 3. The van der Waals surface area contributed by atoms with Gasteiger partial charge in [-0.15, -0.1) is 13.2 Å². The molecule has 2 amide bonds. The second-order valence-corrected chi connectivity index (χ2v) is 8.75. The molecule has 39 heavy (non-hydrogen) atoms. The number of benzene rings is 3. The van der Waals surface area contributed by atoms with Crippen molar-refractivity contribution in [3.63, 3.8) is 0 Å². The Bertz CT molecular complexity index is 1400. The topological polar surface area (TPSA) is 117 Å².